The lowest BCUT2D eigenvalue weighted by Crippen LogP contribution is -1.88. The molecule has 0 aliphatic rings. The van der Waals surface area contributed by atoms with Crippen molar-refractivity contribution in [3.63, 3.8) is 0 Å². The quantitative estimate of drug-likeness (QED) is 0.843. The van der Waals surface area contributed by atoms with E-state index in [0.717, 1.165) is 12.1 Å². The molecule has 0 aliphatic carbocycles. The van der Waals surface area contributed by atoms with Gasteiger partial charge in [0.15, 0.2) is 23.1 Å². The van der Waals surface area contributed by atoms with Gasteiger partial charge in [-0.1, -0.05) is 12.1 Å². The van der Waals surface area contributed by atoms with E-state index in [1.165, 1.54) is 24.3 Å². The molecule has 0 atom stereocenters. The number of phenols is 1. The summed E-state index contributed by atoms with van der Waals surface area (Å²) >= 11 is 0. The average Bonchev–Trinajstić information content (AvgIpc) is 2.27. The molecule has 0 unspecified atom stereocenters. The Labute approximate surface area is 90.7 Å². The summed E-state index contributed by atoms with van der Waals surface area (Å²) in [6, 6.07) is 9.29. The lowest BCUT2D eigenvalue weighted by atomic mass is 10.3. The van der Waals surface area contributed by atoms with Gasteiger partial charge in [-0.2, -0.15) is 0 Å². The maximum Gasteiger partial charge on any atom is 0.168 e. The molecule has 2 aromatic carbocycles. The van der Waals surface area contributed by atoms with E-state index < -0.39 is 17.4 Å². The second-order valence-corrected chi connectivity index (χ2v) is 3.15. The van der Waals surface area contributed by atoms with E-state index >= 15 is 0 Å². The molecule has 0 heterocycles. The number of para-hydroxylation sites is 1. The van der Waals surface area contributed by atoms with Gasteiger partial charge in [-0.15, -0.1) is 0 Å². The fourth-order valence-electron chi connectivity index (χ4n) is 1.21. The molecule has 4 heteroatoms. The summed E-state index contributed by atoms with van der Waals surface area (Å²) in [5.74, 6) is -1.68. The first-order chi connectivity index (χ1) is 7.66. The maximum absolute atomic E-state index is 13.2. The van der Waals surface area contributed by atoms with Crippen LogP contribution in [0.3, 0.4) is 0 Å². The molecule has 16 heavy (non-hydrogen) atoms. The van der Waals surface area contributed by atoms with Gasteiger partial charge in [0.1, 0.15) is 5.75 Å². The van der Waals surface area contributed by atoms with Crippen molar-refractivity contribution >= 4 is 0 Å². The Hall–Kier alpha value is -2.10. The van der Waals surface area contributed by atoms with Crippen LogP contribution in [0, 0.1) is 11.6 Å². The second kappa shape index (κ2) is 4.18. The highest BCUT2D eigenvalue weighted by molar-refractivity contribution is 5.36. The number of phenolic OH excluding ortho intramolecular Hbond substituents is 1. The van der Waals surface area contributed by atoms with Crippen LogP contribution in [0.2, 0.25) is 0 Å². The Morgan fingerprint density at radius 2 is 1.69 bits per heavy atom. The summed E-state index contributed by atoms with van der Waals surface area (Å²) < 4.78 is 31.3. The molecule has 0 aromatic heterocycles. The third kappa shape index (κ3) is 2.11. The van der Waals surface area contributed by atoms with Crippen molar-refractivity contribution in [3.05, 3.63) is 54.1 Å². The van der Waals surface area contributed by atoms with E-state index in [4.69, 9.17) is 9.84 Å². The number of ether oxygens (including phenoxy) is 1. The molecule has 0 bridgehead atoms. The zero-order valence-electron chi connectivity index (χ0n) is 8.15. The van der Waals surface area contributed by atoms with E-state index in [1.807, 2.05) is 0 Å². The van der Waals surface area contributed by atoms with Crippen LogP contribution in [-0.4, -0.2) is 5.11 Å². The zero-order valence-corrected chi connectivity index (χ0v) is 8.15. The van der Waals surface area contributed by atoms with Crippen LogP contribution >= 0.6 is 0 Å². The smallest absolute Gasteiger partial charge is 0.168 e. The summed E-state index contributed by atoms with van der Waals surface area (Å²) in [4.78, 5) is 0. The van der Waals surface area contributed by atoms with E-state index in [-0.39, 0.29) is 11.5 Å². The van der Waals surface area contributed by atoms with E-state index in [0.29, 0.717) is 0 Å². The SMILES string of the molecule is Oc1ccc(Oc2ccccc2F)cc1F. The van der Waals surface area contributed by atoms with Gasteiger partial charge >= 0.3 is 0 Å². The summed E-state index contributed by atoms with van der Waals surface area (Å²) in [6.45, 7) is 0. The number of rotatable bonds is 2. The molecular weight excluding hydrogens is 214 g/mol. The number of benzene rings is 2. The van der Waals surface area contributed by atoms with Crippen molar-refractivity contribution in [1.29, 1.82) is 0 Å². The predicted octanol–water partition coefficient (Wildman–Crippen LogP) is 3.46. The molecule has 0 saturated carbocycles. The minimum atomic E-state index is -0.811. The van der Waals surface area contributed by atoms with Gasteiger partial charge in [0.05, 0.1) is 0 Å². The fourth-order valence-corrected chi connectivity index (χ4v) is 1.21. The highest BCUT2D eigenvalue weighted by Gasteiger charge is 2.06. The van der Waals surface area contributed by atoms with Crippen LogP contribution in [0.1, 0.15) is 0 Å². The van der Waals surface area contributed by atoms with Crippen LogP contribution in [-0.2, 0) is 0 Å². The number of halogens is 2. The van der Waals surface area contributed by atoms with Gasteiger partial charge in [0, 0.05) is 6.07 Å². The molecule has 0 amide bonds. The summed E-state index contributed by atoms with van der Waals surface area (Å²) in [5, 5.41) is 8.96. The van der Waals surface area contributed by atoms with E-state index in [2.05, 4.69) is 0 Å². The van der Waals surface area contributed by atoms with Gasteiger partial charge in [-0.3, -0.25) is 0 Å². The topological polar surface area (TPSA) is 29.5 Å². The second-order valence-electron chi connectivity index (χ2n) is 3.15. The van der Waals surface area contributed by atoms with Crippen LogP contribution < -0.4 is 4.74 Å². The minimum Gasteiger partial charge on any atom is -0.505 e. The zero-order chi connectivity index (χ0) is 11.5. The largest absolute Gasteiger partial charge is 0.505 e. The lowest BCUT2D eigenvalue weighted by molar-refractivity contribution is 0.416. The van der Waals surface area contributed by atoms with Crippen LogP contribution in [0.5, 0.6) is 17.2 Å². The molecule has 82 valence electrons. The molecular formula is C12H8F2O2. The van der Waals surface area contributed by atoms with Crippen molar-refractivity contribution < 1.29 is 18.6 Å². The standard InChI is InChI=1S/C12H8F2O2/c13-9-3-1-2-4-12(9)16-8-5-6-11(15)10(14)7-8/h1-7,15H. The minimum absolute atomic E-state index is 0.00703. The van der Waals surface area contributed by atoms with Gasteiger partial charge in [-0.25, -0.2) is 8.78 Å². The Balaban J connectivity index is 2.28. The molecule has 2 rings (SSSR count). The van der Waals surface area contributed by atoms with Gasteiger partial charge in [0.25, 0.3) is 0 Å². The highest BCUT2D eigenvalue weighted by Crippen LogP contribution is 2.27. The van der Waals surface area contributed by atoms with Crippen molar-refractivity contribution in [2.75, 3.05) is 0 Å². The van der Waals surface area contributed by atoms with Crippen molar-refractivity contribution in [3.8, 4) is 17.2 Å². The Morgan fingerprint density at radius 1 is 0.938 bits per heavy atom. The summed E-state index contributed by atoms with van der Waals surface area (Å²) in [5.41, 5.74) is 0. The molecule has 0 spiro atoms. The Bertz CT molecular complexity index is 512. The molecule has 2 aromatic rings. The summed E-state index contributed by atoms with van der Waals surface area (Å²) in [6.07, 6.45) is 0. The lowest BCUT2D eigenvalue weighted by Gasteiger charge is -2.06. The van der Waals surface area contributed by atoms with Crippen molar-refractivity contribution in [1.82, 2.24) is 0 Å². The Morgan fingerprint density at radius 3 is 2.38 bits per heavy atom. The van der Waals surface area contributed by atoms with E-state index in [1.54, 1.807) is 6.07 Å². The van der Waals surface area contributed by atoms with Crippen molar-refractivity contribution in [2.24, 2.45) is 0 Å². The molecule has 1 N–H and O–H groups in total. The number of hydrogen-bond acceptors (Lipinski definition) is 2. The average molecular weight is 222 g/mol. The van der Waals surface area contributed by atoms with Gasteiger partial charge in [0.2, 0.25) is 0 Å². The van der Waals surface area contributed by atoms with E-state index in [9.17, 15) is 8.78 Å². The molecule has 0 aliphatic heterocycles. The third-order valence-electron chi connectivity index (χ3n) is 1.98. The normalized spacial score (nSPS) is 10.1. The first kappa shape index (κ1) is 10.4. The molecule has 0 saturated heterocycles. The van der Waals surface area contributed by atoms with Crippen LogP contribution in [0.15, 0.2) is 42.5 Å². The fraction of sp³-hybridized carbons (Fsp3) is 0. The molecule has 0 fully saturated rings. The number of hydrogen-bond donors (Lipinski definition) is 1. The molecule has 0 radical (unpaired) electrons. The Kier molecular flexibility index (Phi) is 2.72. The van der Waals surface area contributed by atoms with Crippen LogP contribution in [0.25, 0.3) is 0 Å². The van der Waals surface area contributed by atoms with Gasteiger partial charge < -0.3 is 9.84 Å². The summed E-state index contributed by atoms with van der Waals surface area (Å²) in [7, 11) is 0. The third-order valence-corrected chi connectivity index (χ3v) is 1.98. The first-order valence-corrected chi connectivity index (χ1v) is 4.58. The maximum atomic E-state index is 13.2. The monoisotopic (exact) mass is 222 g/mol. The van der Waals surface area contributed by atoms with Crippen LogP contribution in [0.4, 0.5) is 8.78 Å². The first-order valence-electron chi connectivity index (χ1n) is 4.58. The van der Waals surface area contributed by atoms with Crippen molar-refractivity contribution in [2.45, 2.75) is 0 Å². The predicted molar refractivity (Wildman–Crippen MR) is 54.5 cm³/mol. The van der Waals surface area contributed by atoms with Gasteiger partial charge in [-0.05, 0) is 24.3 Å². The molecule has 2 nitrogen and oxygen atoms in total. The number of aromatic hydroxyl groups is 1. The highest BCUT2D eigenvalue weighted by atomic mass is 19.1.